The van der Waals surface area contributed by atoms with Crippen molar-refractivity contribution in [2.24, 2.45) is 0 Å². The molecule has 6 heteroatoms. The molecule has 0 bridgehead atoms. The van der Waals surface area contributed by atoms with E-state index in [9.17, 15) is 4.79 Å². The van der Waals surface area contributed by atoms with E-state index in [0.717, 1.165) is 32.4 Å². The van der Waals surface area contributed by atoms with Crippen LogP contribution in [0.2, 0.25) is 0 Å². The molecule has 0 saturated heterocycles. The number of thiazole rings is 1. The van der Waals surface area contributed by atoms with Crippen molar-refractivity contribution in [3.05, 3.63) is 46.1 Å². The summed E-state index contributed by atoms with van der Waals surface area (Å²) in [5, 5.41) is 6.09. The third kappa shape index (κ3) is 1.69. The molecule has 98 valence electrons. The van der Waals surface area contributed by atoms with Gasteiger partial charge in [0.05, 0.1) is 15.4 Å². The average molecular weight is 316 g/mol. The summed E-state index contributed by atoms with van der Waals surface area (Å²) in [7, 11) is 0. The first-order valence-corrected chi connectivity index (χ1v) is 8.55. The monoisotopic (exact) mass is 316 g/mol. The molecule has 0 atom stereocenters. The van der Waals surface area contributed by atoms with E-state index in [1.807, 2.05) is 33.4 Å². The molecule has 20 heavy (non-hydrogen) atoms. The fourth-order valence-corrected chi connectivity index (χ4v) is 4.61. The Hall–Kier alpha value is -1.76. The molecule has 4 aromatic heterocycles. The highest BCUT2D eigenvalue weighted by atomic mass is 32.1. The molecular formula is C14H8N2OS3. The van der Waals surface area contributed by atoms with Crippen molar-refractivity contribution in [3.8, 4) is 21.1 Å². The first-order valence-electron chi connectivity index (χ1n) is 5.91. The smallest absolute Gasteiger partial charge is 0.195 e. The number of thiophene rings is 2. The topological polar surface area (TPSA) is 34.4 Å². The molecule has 0 amide bonds. The van der Waals surface area contributed by atoms with Crippen LogP contribution >= 0.6 is 34.0 Å². The van der Waals surface area contributed by atoms with Crippen molar-refractivity contribution in [1.29, 1.82) is 0 Å². The second kappa shape index (κ2) is 4.66. The Kier molecular flexibility index (Phi) is 2.80. The van der Waals surface area contributed by atoms with Gasteiger partial charge < -0.3 is 0 Å². The summed E-state index contributed by atoms with van der Waals surface area (Å²) in [6.45, 7) is 0. The summed E-state index contributed by atoms with van der Waals surface area (Å²) in [6.07, 6.45) is 0.902. The summed E-state index contributed by atoms with van der Waals surface area (Å²) in [5.41, 5.74) is 2.45. The molecule has 0 saturated carbocycles. The van der Waals surface area contributed by atoms with Crippen LogP contribution in [-0.4, -0.2) is 15.7 Å². The number of fused-ring (bicyclic) bond motifs is 1. The summed E-state index contributed by atoms with van der Waals surface area (Å²) in [4.78, 5) is 19.2. The molecule has 0 radical (unpaired) electrons. The Morgan fingerprint density at radius 1 is 1.05 bits per heavy atom. The van der Waals surface area contributed by atoms with Crippen LogP contribution in [0.1, 0.15) is 10.5 Å². The summed E-state index contributed by atoms with van der Waals surface area (Å²) < 4.78 is 1.96. The Labute approximate surface area is 126 Å². The molecule has 3 nitrogen and oxygen atoms in total. The van der Waals surface area contributed by atoms with Gasteiger partial charge in [-0.25, -0.2) is 4.98 Å². The zero-order valence-electron chi connectivity index (χ0n) is 10.1. The summed E-state index contributed by atoms with van der Waals surface area (Å²) in [6, 6.07) is 8.05. The third-order valence-electron chi connectivity index (χ3n) is 3.04. The number of aromatic nitrogens is 2. The molecule has 4 heterocycles. The predicted molar refractivity (Wildman–Crippen MR) is 85.1 cm³/mol. The van der Waals surface area contributed by atoms with E-state index in [1.54, 1.807) is 34.0 Å². The van der Waals surface area contributed by atoms with Crippen LogP contribution in [-0.2, 0) is 0 Å². The van der Waals surface area contributed by atoms with E-state index in [0.29, 0.717) is 5.69 Å². The quantitative estimate of drug-likeness (QED) is 0.515. The molecule has 0 N–H and O–H groups in total. The van der Waals surface area contributed by atoms with Crippen LogP contribution in [0.5, 0.6) is 0 Å². The van der Waals surface area contributed by atoms with Crippen molar-refractivity contribution in [2.75, 3.05) is 0 Å². The fraction of sp³-hybridized carbons (Fsp3) is 0. The van der Waals surface area contributed by atoms with Gasteiger partial charge in [0.2, 0.25) is 0 Å². The minimum Gasteiger partial charge on any atom is -0.296 e. The molecule has 0 spiro atoms. The Balaban J connectivity index is 2.03. The molecule has 0 aromatic carbocycles. The number of nitrogens with zero attached hydrogens (tertiary/aromatic N) is 2. The zero-order chi connectivity index (χ0) is 13.5. The molecular weight excluding hydrogens is 308 g/mol. The number of carbonyl (C=O) groups excluding carboxylic acids is 1. The number of imidazole rings is 1. The van der Waals surface area contributed by atoms with Gasteiger partial charge >= 0.3 is 0 Å². The van der Waals surface area contributed by atoms with Gasteiger partial charge in [-0.1, -0.05) is 12.1 Å². The summed E-state index contributed by atoms with van der Waals surface area (Å²) >= 11 is 4.83. The highest BCUT2D eigenvalue weighted by molar-refractivity contribution is 7.17. The minimum absolute atomic E-state index is 0.632. The lowest BCUT2D eigenvalue weighted by molar-refractivity contribution is 0.111. The van der Waals surface area contributed by atoms with Crippen LogP contribution < -0.4 is 0 Å². The van der Waals surface area contributed by atoms with E-state index in [1.165, 1.54) is 0 Å². The van der Waals surface area contributed by atoms with Crippen molar-refractivity contribution in [2.45, 2.75) is 0 Å². The maximum atomic E-state index is 11.6. The normalized spacial score (nSPS) is 11.2. The first kappa shape index (κ1) is 12.0. The SMILES string of the molecule is O=Cc1c(-c2cccs2)nc2scc(-c3cccs3)n12. The van der Waals surface area contributed by atoms with Crippen molar-refractivity contribution >= 4 is 45.3 Å². The molecule has 0 fully saturated rings. The van der Waals surface area contributed by atoms with Gasteiger partial charge in [0, 0.05) is 5.38 Å². The van der Waals surface area contributed by atoms with Crippen molar-refractivity contribution < 1.29 is 4.79 Å². The number of carbonyl (C=O) groups is 1. The number of hydrogen-bond acceptors (Lipinski definition) is 5. The van der Waals surface area contributed by atoms with Gasteiger partial charge in [-0.3, -0.25) is 9.20 Å². The van der Waals surface area contributed by atoms with Crippen molar-refractivity contribution in [3.63, 3.8) is 0 Å². The highest BCUT2D eigenvalue weighted by Crippen LogP contribution is 2.35. The second-order valence-electron chi connectivity index (χ2n) is 4.16. The highest BCUT2D eigenvalue weighted by Gasteiger charge is 2.19. The molecule has 0 aliphatic rings. The maximum absolute atomic E-state index is 11.6. The number of hydrogen-bond donors (Lipinski definition) is 0. The van der Waals surface area contributed by atoms with E-state index >= 15 is 0 Å². The van der Waals surface area contributed by atoms with E-state index in [2.05, 4.69) is 16.4 Å². The lowest BCUT2D eigenvalue weighted by Crippen LogP contribution is -1.92. The minimum atomic E-state index is 0.632. The molecule has 4 aromatic rings. The Morgan fingerprint density at radius 2 is 1.80 bits per heavy atom. The van der Waals surface area contributed by atoms with Gasteiger partial charge in [-0.15, -0.1) is 34.0 Å². The van der Waals surface area contributed by atoms with Crippen LogP contribution in [0.15, 0.2) is 40.4 Å². The van der Waals surface area contributed by atoms with Crippen LogP contribution in [0.3, 0.4) is 0 Å². The van der Waals surface area contributed by atoms with Crippen LogP contribution in [0, 0.1) is 0 Å². The van der Waals surface area contributed by atoms with Gasteiger partial charge in [-0.05, 0) is 22.9 Å². The third-order valence-corrected chi connectivity index (χ3v) is 5.63. The Bertz CT molecular complexity index is 869. The Morgan fingerprint density at radius 3 is 2.45 bits per heavy atom. The predicted octanol–water partition coefficient (Wildman–Crippen LogP) is 4.67. The van der Waals surface area contributed by atoms with Crippen LogP contribution in [0.25, 0.3) is 26.1 Å². The number of rotatable bonds is 3. The van der Waals surface area contributed by atoms with Crippen LogP contribution in [0.4, 0.5) is 0 Å². The van der Waals surface area contributed by atoms with Gasteiger partial charge in [0.15, 0.2) is 11.2 Å². The lowest BCUT2D eigenvalue weighted by atomic mass is 10.3. The second-order valence-corrected chi connectivity index (χ2v) is 6.89. The molecule has 0 aliphatic carbocycles. The van der Waals surface area contributed by atoms with Gasteiger partial charge in [0.25, 0.3) is 0 Å². The zero-order valence-corrected chi connectivity index (χ0v) is 12.6. The molecule has 0 aliphatic heterocycles. The molecule has 0 unspecified atom stereocenters. The molecule has 4 rings (SSSR count). The standard InChI is InChI=1S/C14H8N2OS3/c17-7-9-13(12-4-2-6-19-12)15-14-16(9)10(8-20-14)11-3-1-5-18-11/h1-8H. The first-order chi connectivity index (χ1) is 9.88. The largest absolute Gasteiger partial charge is 0.296 e. The fourth-order valence-electron chi connectivity index (χ4n) is 2.18. The maximum Gasteiger partial charge on any atom is 0.195 e. The van der Waals surface area contributed by atoms with Gasteiger partial charge in [0.1, 0.15) is 11.4 Å². The number of aldehydes is 1. The van der Waals surface area contributed by atoms with E-state index in [-0.39, 0.29) is 0 Å². The van der Waals surface area contributed by atoms with E-state index in [4.69, 9.17) is 0 Å². The lowest BCUT2D eigenvalue weighted by Gasteiger charge is -1.98. The van der Waals surface area contributed by atoms with E-state index < -0.39 is 0 Å². The van der Waals surface area contributed by atoms with Gasteiger partial charge in [-0.2, -0.15) is 0 Å². The average Bonchev–Trinajstić information content (AvgIpc) is 3.21. The summed E-state index contributed by atoms with van der Waals surface area (Å²) in [5.74, 6) is 0. The van der Waals surface area contributed by atoms with Crippen molar-refractivity contribution in [1.82, 2.24) is 9.38 Å².